The van der Waals surface area contributed by atoms with E-state index in [4.69, 9.17) is 0 Å². The van der Waals surface area contributed by atoms with Crippen molar-refractivity contribution in [2.24, 2.45) is 0 Å². The molecule has 0 aromatic heterocycles. The zero-order chi connectivity index (χ0) is 9.94. The zero-order valence-electron chi connectivity index (χ0n) is 8.55. The van der Waals surface area contributed by atoms with Crippen LogP contribution in [0.15, 0.2) is 24.3 Å². The first-order valence-electron chi connectivity index (χ1n) is 4.92. The Bertz CT molecular complexity index is 183. The number of rotatable bonds is 6. The van der Waals surface area contributed by atoms with Gasteiger partial charge in [0.05, 0.1) is 0 Å². The van der Waals surface area contributed by atoms with Crippen LogP contribution >= 0.6 is 0 Å². The number of nitrogens with one attached hydrogen (secondary N) is 1. The van der Waals surface area contributed by atoms with E-state index in [2.05, 4.69) is 18.3 Å². The quantitative estimate of drug-likeness (QED) is 0.380. The Morgan fingerprint density at radius 2 is 2.08 bits per heavy atom. The van der Waals surface area contributed by atoms with Crippen molar-refractivity contribution in [1.82, 2.24) is 5.32 Å². The molecular weight excluding hydrogens is 162 g/mol. The van der Waals surface area contributed by atoms with Gasteiger partial charge in [0.2, 0.25) is 5.91 Å². The molecule has 0 aliphatic rings. The first kappa shape index (κ1) is 11.9. The Hall–Kier alpha value is -1.05. The van der Waals surface area contributed by atoms with Crippen LogP contribution in [-0.2, 0) is 4.79 Å². The van der Waals surface area contributed by atoms with Crippen molar-refractivity contribution in [3.63, 3.8) is 0 Å². The number of hydrogen-bond acceptors (Lipinski definition) is 1. The summed E-state index contributed by atoms with van der Waals surface area (Å²) in [6.45, 7) is 4.75. The summed E-state index contributed by atoms with van der Waals surface area (Å²) in [5.41, 5.74) is 0. The Morgan fingerprint density at radius 3 is 2.69 bits per heavy atom. The SMILES string of the molecule is CCCC/C=C/C=C/C(=O)NCC. The highest BCUT2D eigenvalue weighted by Gasteiger charge is 1.86. The third kappa shape index (κ3) is 8.86. The molecule has 0 unspecified atom stereocenters. The van der Waals surface area contributed by atoms with E-state index >= 15 is 0 Å². The summed E-state index contributed by atoms with van der Waals surface area (Å²) < 4.78 is 0. The van der Waals surface area contributed by atoms with E-state index in [1.165, 1.54) is 12.8 Å². The van der Waals surface area contributed by atoms with Gasteiger partial charge in [-0.1, -0.05) is 38.0 Å². The molecule has 0 aromatic carbocycles. The van der Waals surface area contributed by atoms with E-state index in [1.807, 2.05) is 13.0 Å². The minimum absolute atomic E-state index is 0.0253. The van der Waals surface area contributed by atoms with Gasteiger partial charge < -0.3 is 5.32 Å². The van der Waals surface area contributed by atoms with Crippen LogP contribution < -0.4 is 5.32 Å². The summed E-state index contributed by atoms with van der Waals surface area (Å²) in [4.78, 5) is 10.9. The van der Waals surface area contributed by atoms with E-state index in [0.29, 0.717) is 6.54 Å². The summed E-state index contributed by atoms with van der Waals surface area (Å²) in [5.74, 6) is -0.0253. The third-order valence-corrected chi connectivity index (χ3v) is 1.57. The molecule has 0 saturated carbocycles. The molecule has 0 atom stereocenters. The average Bonchev–Trinajstić information content (AvgIpc) is 2.11. The van der Waals surface area contributed by atoms with Crippen molar-refractivity contribution in [2.45, 2.75) is 33.1 Å². The minimum Gasteiger partial charge on any atom is -0.353 e. The fourth-order valence-corrected chi connectivity index (χ4v) is 0.873. The van der Waals surface area contributed by atoms with Gasteiger partial charge >= 0.3 is 0 Å². The largest absolute Gasteiger partial charge is 0.353 e. The van der Waals surface area contributed by atoms with Crippen LogP contribution in [0.5, 0.6) is 0 Å². The number of allylic oxidation sites excluding steroid dienone is 3. The summed E-state index contributed by atoms with van der Waals surface area (Å²) >= 11 is 0. The van der Waals surface area contributed by atoms with Gasteiger partial charge in [0.25, 0.3) is 0 Å². The third-order valence-electron chi connectivity index (χ3n) is 1.57. The molecule has 0 aliphatic heterocycles. The van der Waals surface area contributed by atoms with E-state index in [0.717, 1.165) is 6.42 Å². The predicted octanol–water partition coefficient (Wildman–Crippen LogP) is 2.43. The Labute approximate surface area is 80.7 Å². The fraction of sp³-hybridized carbons (Fsp3) is 0.545. The standard InChI is InChI=1S/C11H19NO/c1-3-5-6-7-8-9-10-11(13)12-4-2/h7-10H,3-6H2,1-2H3,(H,12,13)/b8-7+,10-9+. The second-order valence-electron chi connectivity index (χ2n) is 2.82. The van der Waals surface area contributed by atoms with E-state index in [9.17, 15) is 4.79 Å². The summed E-state index contributed by atoms with van der Waals surface area (Å²) in [5, 5.41) is 2.69. The smallest absolute Gasteiger partial charge is 0.243 e. The second kappa shape index (κ2) is 9.04. The molecule has 0 aromatic rings. The van der Waals surface area contributed by atoms with E-state index in [-0.39, 0.29) is 5.91 Å². The number of amides is 1. The fourth-order valence-electron chi connectivity index (χ4n) is 0.873. The van der Waals surface area contributed by atoms with Gasteiger partial charge in [-0.3, -0.25) is 4.79 Å². The number of hydrogen-bond donors (Lipinski definition) is 1. The zero-order valence-corrected chi connectivity index (χ0v) is 8.55. The van der Waals surface area contributed by atoms with Crippen LogP contribution in [0, 0.1) is 0 Å². The van der Waals surface area contributed by atoms with Gasteiger partial charge in [0.1, 0.15) is 0 Å². The number of likely N-dealkylation sites (N-methyl/N-ethyl adjacent to an activating group) is 1. The summed E-state index contributed by atoms with van der Waals surface area (Å²) in [6.07, 6.45) is 10.9. The van der Waals surface area contributed by atoms with Gasteiger partial charge in [-0.05, 0) is 13.3 Å². The number of carbonyl (C=O) groups excluding carboxylic acids is 1. The molecular formula is C11H19NO. The minimum atomic E-state index is -0.0253. The van der Waals surface area contributed by atoms with Crippen LogP contribution in [0.1, 0.15) is 33.1 Å². The van der Waals surface area contributed by atoms with Crippen LogP contribution in [0.4, 0.5) is 0 Å². The average molecular weight is 181 g/mol. The highest BCUT2D eigenvalue weighted by atomic mass is 16.1. The van der Waals surface area contributed by atoms with Gasteiger partial charge in [0, 0.05) is 12.6 Å². The molecule has 0 fully saturated rings. The molecule has 0 rings (SSSR count). The maximum atomic E-state index is 10.9. The molecule has 13 heavy (non-hydrogen) atoms. The van der Waals surface area contributed by atoms with Gasteiger partial charge in [-0.25, -0.2) is 0 Å². The molecule has 74 valence electrons. The Kier molecular flexibility index (Phi) is 8.31. The molecule has 0 radical (unpaired) electrons. The molecule has 0 heterocycles. The van der Waals surface area contributed by atoms with Crippen molar-refractivity contribution in [2.75, 3.05) is 6.54 Å². The van der Waals surface area contributed by atoms with Crippen LogP contribution in [0.2, 0.25) is 0 Å². The normalized spacial score (nSPS) is 11.2. The van der Waals surface area contributed by atoms with E-state index in [1.54, 1.807) is 12.2 Å². The van der Waals surface area contributed by atoms with Crippen molar-refractivity contribution in [1.29, 1.82) is 0 Å². The number of carbonyl (C=O) groups is 1. The van der Waals surface area contributed by atoms with Crippen molar-refractivity contribution >= 4 is 5.91 Å². The van der Waals surface area contributed by atoms with Crippen molar-refractivity contribution in [3.05, 3.63) is 24.3 Å². The molecule has 2 nitrogen and oxygen atoms in total. The molecule has 0 bridgehead atoms. The van der Waals surface area contributed by atoms with Crippen LogP contribution in [0.25, 0.3) is 0 Å². The molecule has 0 saturated heterocycles. The lowest BCUT2D eigenvalue weighted by molar-refractivity contribution is -0.116. The maximum Gasteiger partial charge on any atom is 0.243 e. The van der Waals surface area contributed by atoms with E-state index < -0.39 is 0 Å². The van der Waals surface area contributed by atoms with Crippen LogP contribution in [0.3, 0.4) is 0 Å². The predicted molar refractivity (Wildman–Crippen MR) is 56.5 cm³/mol. The first-order chi connectivity index (χ1) is 6.31. The van der Waals surface area contributed by atoms with Gasteiger partial charge in [-0.2, -0.15) is 0 Å². The second-order valence-corrected chi connectivity index (χ2v) is 2.82. The van der Waals surface area contributed by atoms with Crippen molar-refractivity contribution in [3.8, 4) is 0 Å². The highest BCUT2D eigenvalue weighted by molar-refractivity contribution is 5.87. The van der Waals surface area contributed by atoms with Crippen LogP contribution in [-0.4, -0.2) is 12.5 Å². The topological polar surface area (TPSA) is 29.1 Å². The lowest BCUT2D eigenvalue weighted by Gasteiger charge is -1.92. The lowest BCUT2D eigenvalue weighted by Crippen LogP contribution is -2.19. The first-order valence-corrected chi connectivity index (χ1v) is 4.92. The molecule has 0 aliphatic carbocycles. The molecule has 0 spiro atoms. The summed E-state index contributed by atoms with van der Waals surface area (Å²) in [6, 6.07) is 0. The maximum absolute atomic E-state index is 10.9. The van der Waals surface area contributed by atoms with Gasteiger partial charge in [-0.15, -0.1) is 0 Å². The Morgan fingerprint density at radius 1 is 1.31 bits per heavy atom. The Balaban J connectivity index is 3.49. The monoisotopic (exact) mass is 181 g/mol. The summed E-state index contributed by atoms with van der Waals surface area (Å²) in [7, 11) is 0. The lowest BCUT2D eigenvalue weighted by atomic mass is 10.2. The number of unbranched alkanes of at least 4 members (excludes halogenated alkanes) is 2. The molecule has 2 heteroatoms. The van der Waals surface area contributed by atoms with Crippen molar-refractivity contribution < 1.29 is 4.79 Å². The highest BCUT2D eigenvalue weighted by Crippen LogP contribution is 1.94. The molecule has 1 N–H and O–H groups in total. The van der Waals surface area contributed by atoms with Gasteiger partial charge in [0.15, 0.2) is 0 Å². The molecule has 1 amide bonds.